The molecule has 3 rings (SSSR count). The fraction of sp³-hybridized carbons (Fsp3) is 0.143. The molecule has 0 bridgehead atoms. The molecule has 0 saturated heterocycles. The quantitative estimate of drug-likeness (QED) is 0.689. The zero-order valence-corrected chi connectivity index (χ0v) is 15.6. The molecule has 2 N–H and O–H groups in total. The van der Waals surface area contributed by atoms with Crippen molar-refractivity contribution in [2.45, 2.75) is 0 Å². The topological polar surface area (TPSA) is 66.5 Å². The van der Waals surface area contributed by atoms with Crippen molar-refractivity contribution in [1.29, 1.82) is 0 Å². The van der Waals surface area contributed by atoms with Crippen LogP contribution in [0.15, 0.2) is 66.9 Å². The number of pyridine rings is 1. The fourth-order valence-electron chi connectivity index (χ4n) is 2.57. The lowest BCUT2D eigenvalue weighted by atomic mass is 10.2. The molecule has 138 valence electrons. The molecule has 0 saturated carbocycles. The molecule has 0 aliphatic heterocycles. The molecular formula is C21H22N4O2. The van der Waals surface area contributed by atoms with Gasteiger partial charge in [-0.1, -0.05) is 12.1 Å². The van der Waals surface area contributed by atoms with E-state index in [0.29, 0.717) is 17.1 Å². The van der Waals surface area contributed by atoms with Gasteiger partial charge < -0.3 is 20.3 Å². The first-order chi connectivity index (χ1) is 13.1. The Labute approximate surface area is 158 Å². The second kappa shape index (κ2) is 8.23. The minimum Gasteiger partial charge on any atom is -0.495 e. The summed E-state index contributed by atoms with van der Waals surface area (Å²) in [5, 5.41) is 6.08. The third kappa shape index (κ3) is 4.55. The van der Waals surface area contributed by atoms with Crippen molar-refractivity contribution in [3.05, 3.63) is 72.4 Å². The van der Waals surface area contributed by atoms with Crippen LogP contribution in [0.1, 0.15) is 10.4 Å². The van der Waals surface area contributed by atoms with Gasteiger partial charge in [-0.15, -0.1) is 0 Å². The van der Waals surface area contributed by atoms with E-state index in [-0.39, 0.29) is 5.91 Å². The zero-order chi connectivity index (χ0) is 19.2. The summed E-state index contributed by atoms with van der Waals surface area (Å²) in [5.74, 6) is 1.07. The van der Waals surface area contributed by atoms with E-state index >= 15 is 0 Å². The van der Waals surface area contributed by atoms with Gasteiger partial charge in [-0.3, -0.25) is 4.79 Å². The van der Waals surface area contributed by atoms with Gasteiger partial charge >= 0.3 is 0 Å². The number of benzene rings is 2. The van der Waals surface area contributed by atoms with Gasteiger partial charge in [0.2, 0.25) is 0 Å². The lowest BCUT2D eigenvalue weighted by molar-refractivity contribution is 0.102. The summed E-state index contributed by atoms with van der Waals surface area (Å²) >= 11 is 0. The average Bonchev–Trinajstić information content (AvgIpc) is 2.69. The van der Waals surface area contributed by atoms with E-state index in [2.05, 4.69) is 15.6 Å². The van der Waals surface area contributed by atoms with E-state index in [9.17, 15) is 4.79 Å². The molecule has 1 heterocycles. The standard InChI is InChI=1S/C21H22N4O2/c1-25(2)17-10-8-16(9-11-17)23-21(26)15-12-13-22-20(14-15)24-18-6-4-5-7-19(18)27-3/h4-14H,1-3H3,(H,22,24)(H,23,26). The van der Waals surface area contributed by atoms with E-state index < -0.39 is 0 Å². The molecule has 0 fully saturated rings. The van der Waals surface area contributed by atoms with E-state index in [0.717, 1.165) is 17.1 Å². The molecule has 0 aliphatic carbocycles. The van der Waals surface area contributed by atoms with Crippen LogP contribution < -0.4 is 20.3 Å². The molecule has 6 nitrogen and oxygen atoms in total. The maximum atomic E-state index is 12.6. The van der Waals surface area contributed by atoms with Crippen LogP contribution >= 0.6 is 0 Å². The number of carbonyl (C=O) groups is 1. The number of nitrogens with zero attached hydrogens (tertiary/aromatic N) is 2. The number of anilines is 4. The van der Waals surface area contributed by atoms with Gasteiger partial charge in [0.05, 0.1) is 12.8 Å². The number of hydrogen-bond acceptors (Lipinski definition) is 5. The Balaban J connectivity index is 1.73. The third-order valence-corrected chi connectivity index (χ3v) is 4.03. The van der Waals surface area contributed by atoms with Crippen molar-refractivity contribution in [1.82, 2.24) is 4.98 Å². The van der Waals surface area contributed by atoms with Crippen molar-refractivity contribution in [2.75, 3.05) is 36.7 Å². The molecule has 1 amide bonds. The Morgan fingerprint density at radius 1 is 1.04 bits per heavy atom. The van der Waals surface area contributed by atoms with Crippen LogP contribution in [-0.4, -0.2) is 32.1 Å². The molecule has 0 spiro atoms. The fourth-order valence-corrected chi connectivity index (χ4v) is 2.57. The number of rotatable bonds is 6. The molecule has 0 unspecified atom stereocenters. The normalized spacial score (nSPS) is 10.2. The van der Waals surface area contributed by atoms with Crippen LogP contribution in [0.2, 0.25) is 0 Å². The predicted octanol–water partition coefficient (Wildman–Crippen LogP) is 4.15. The van der Waals surface area contributed by atoms with Gasteiger partial charge in [-0.05, 0) is 48.5 Å². The number of para-hydroxylation sites is 2. The van der Waals surface area contributed by atoms with Crippen molar-refractivity contribution in [3.63, 3.8) is 0 Å². The number of amides is 1. The molecule has 0 atom stereocenters. The van der Waals surface area contributed by atoms with Crippen molar-refractivity contribution in [3.8, 4) is 5.75 Å². The van der Waals surface area contributed by atoms with Gasteiger partial charge in [-0.25, -0.2) is 4.98 Å². The molecule has 2 aromatic carbocycles. The largest absolute Gasteiger partial charge is 0.495 e. The summed E-state index contributed by atoms with van der Waals surface area (Å²) in [7, 11) is 5.56. The van der Waals surface area contributed by atoms with Gasteiger partial charge in [0, 0.05) is 37.2 Å². The number of hydrogen-bond donors (Lipinski definition) is 2. The first-order valence-corrected chi connectivity index (χ1v) is 8.51. The van der Waals surface area contributed by atoms with Crippen molar-refractivity contribution in [2.24, 2.45) is 0 Å². The number of methoxy groups -OCH3 is 1. The zero-order valence-electron chi connectivity index (χ0n) is 15.6. The van der Waals surface area contributed by atoms with Gasteiger partial charge in [0.25, 0.3) is 5.91 Å². The summed E-state index contributed by atoms with van der Waals surface area (Å²) in [6, 6.07) is 18.6. The Bertz CT molecular complexity index is 923. The minimum atomic E-state index is -0.196. The second-order valence-corrected chi connectivity index (χ2v) is 6.15. The molecular weight excluding hydrogens is 340 g/mol. The molecule has 0 aliphatic rings. The summed E-state index contributed by atoms with van der Waals surface area (Å²) < 4.78 is 5.33. The van der Waals surface area contributed by atoms with Crippen LogP contribution in [0.4, 0.5) is 22.9 Å². The van der Waals surface area contributed by atoms with Gasteiger partial charge in [0.1, 0.15) is 11.6 Å². The monoisotopic (exact) mass is 362 g/mol. The molecule has 0 radical (unpaired) electrons. The number of nitrogens with one attached hydrogen (secondary N) is 2. The average molecular weight is 362 g/mol. The Hall–Kier alpha value is -3.54. The highest BCUT2D eigenvalue weighted by Crippen LogP contribution is 2.26. The maximum absolute atomic E-state index is 12.6. The lowest BCUT2D eigenvalue weighted by Crippen LogP contribution is -2.13. The van der Waals surface area contributed by atoms with Crippen LogP contribution in [0.5, 0.6) is 5.75 Å². The van der Waals surface area contributed by atoms with Crippen LogP contribution in [0.25, 0.3) is 0 Å². The van der Waals surface area contributed by atoms with E-state index in [1.807, 2.05) is 67.5 Å². The SMILES string of the molecule is COc1ccccc1Nc1cc(C(=O)Nc2ccc(N(C)C)cc2)ccn1. The number of carbonyl (C=O) groups excluding carboxylic acids is 1. The second-order valence-electron chi connectivity index (χ2n) is 6.15. The maximum Gasteiger partial charge on any atom is 0.255 e. The highest BCUT2D eigenvalue weighted by molar-refractivity contribution is 6.04. The predicted molar refractivity (Wildman–Crippen MR) is 109 cm³/mol. The highest BCUT2D eigenvalue weighted by atomic mass is 16.5. The van der Waals surface area contributed by atoms with Crippen LogP contribution in [-0.2, 0) is 0 Å². The van der Waals surface area contributed by atoms with Crippen LogP contribution in [0.3, 0.4) is 0 Å². The summed E-state index contributed by atoms with van der Waals surface area (Å²) in [6.45, 7) is 0. The molecule has 27 heavy (non-hydrogen) atoms. The van der Waals surface area contributed by atoms with E-state index in [1.165, 1.54) is 0 Å². The first kappa shape index (κ1) is 18.3. The molecule has 3 aromatic rings. The Morgan fingerprint density at radius 3 is 2.48 bits per heavy atom. The third-order valence-electron chi connectivity index (χ3n) is 4.03. The van der Waals surface area contributed by atoms with Crippen molar-refractivity contribution >= 4 is 28.8 Å². The minimum absolute atomic E-state index is 0.196. The Kier molecular flexibility index (Phi) is 5.56. The highest BCUT2D eigenvalue weighted by Gasteiger charge is 2.09. The van der Waals surface area contributed by atoms with Crippen LogP contribution in [0, 0.1) is 0 Å². The van der Waals surface area contributed by atoms with Gasteiger partial charge in [-0.2, -0.15) is 0 Å². The first-order valence-electron chi connectivity index (χ1n) is 8.51. The molecule has 1 aromatic heterocycles. The van der Waals surface area contributed by atoms with E-state index in [1.54, 1.807) is 25.4 Å². The Morgan fingerprint density at radius 2 is 1.78 bits per heavy atom. The lowest BCUT2D eigenvalue weighted by Gasteiger charge is -2.13. The van der Waals surface area contributed by atoms with E-state index in [4.69, 9.17) is 4.74 Å². The summed E-state index contributed by atoms with van der Waals surface area (Å²) in [5.41, 5.74) is 3.10. The smallest absolute Gasteiger partial charge is 0.255 e. The molecule has 6 heteroatoms. The number of aromatic nitrogens is 1. The van der Waals surface area contributed by atoms with Gasteiger partial charge in [0.15, 0.2) is 0 Å². The number of ether oxygens (including phenoxy) is 1. The summed E-state index contributed by atoms with van der Waals surface area (Å²) in [4.78, 5) is 18.8. The van der Waals surface area contributed by atoms with Crippen molar-refractivity contribution < 1.29 is 9.53 Å². The summed E-state index contributed by atoms with van der Waals surface area (Å²) in [6.07, 6.45) is 1.60.